The molecular formula is C12H12N2O4. The highest BCUT2D eigenvalue weighted by molar-refractivity contribution is 5.98. The molecular weight excluding hydrogens is 236 g/mol. The number of nitrogens with zero attached hydrogens (tertiary/aromatic N) is 1. The van der Waals surface area contributed by atoms with E-state index in [0.29, 0.717) is 0 Å². The number of aliphatic carboxylic acids is 1. The van der Waals surface area contributed by atoms with Gasteiger partial charge >= 0.3 is 5.97 Å². The molecule has 0 aliphatic heterocycles. The van der Waals surface area contributed by atoms with Crippen LogP contribution in [0.2, 0.25) is 0 Å². The summed E-state index contributed by atoms with van der Waals surface area (Å²) in [7, 11) is 1.39. The molecule has 1 unspecified atom stereocenters. The maximum Gasteiger partial charge on any atom is 0.327 e. The third-order valence-electron chi connectivity index (χ3n) is 2.17. The molecule has 6 heteroatoms. The quantitative estimate of drug-likeness (QED) is 0.731. The minimum atomic E-state index is -1.19. The van der Waals surface area contributed by atoms with E-state index in [9.17, 15) is 9.59 Å². The van der Waals surface area contributed by atoms with E-state index in [1.807, 2.05) is 0 Å². The van der Waals surface area contributed by atoms with E-state index in [2.05, 4.69) is 16.2 Å². The molecule has 94 valence electrons. The first kappa shape index (κ1) is 13.5. The van der Waals surface area contributed by atoms with E-state index >= 15 is 0 Å². The van der Waals surface area contributed by atoms with E-state index in [4.69, 9.17) is 16.3 Å². The van der Waals surface area contributed by atoms with E-state index in [1.165, 1.54) is 25.6 Å². The Morgan fingerprint density at radius 2 is 2.39 bits per heavy atom. The first-order valence-electron chi connectivity index (χ1n) is 5.05. The summed E-state index contributed by atoms with van der Waals surface area (Å²) in [5.74, 6) is 0.701. The highest BCUT2D eigenvalue weighted by atomic mass is 16.5. The molecule has 1 amide bonds. The van der Waals surface area contributed by atoms with Gasteiger partial charge in [0.05, 0.1) is 18.9 Å². The SMILES string of the molecule is C#CCC(NC(=O)c1ccncc1OC)C(=O)O. The van der Waals surface area contributed by atoms with Crippen molar-refractivity contribution in [2.24, 2.45) is 0 Å². The molecule has 1 aromatic heterocycles. The van der Waals surface area contributed by atoms with Crippen molar-refractivity contribution < 1.29 is 19.4 Å². The van der Waals surface area contributed by atoms with Crippen LogP contribution in [-0.4, -0.2) is 35.1 Å². The van der Waals surface area contributed by atoms with Crippen LogP contribution >= 0.6 is 0 Å². The Bertz CT molecular complexity index is 493. The van der Waals surface area contributed by atoms with E-state index < -0.39 is 17.9 Å². The summed E-state index contributed by atoms with van der Waals surface area (Å²) in [6.45, 7) is 0. The van der Waals surface area contributed by atoms with Gasteiger partial charge in [-0.25, -0.2) is 4.79 Å². The normalized spacial score (nSPS) is 11.1. The maximum absolute atomic E-state index is 11.9. The largest absolute Gasteiger partial charge is 0.494 e. The molecule has 0 spiro atoms. The number of ether oxygens (including phenoxy) is 1. The second-order valence-electron chi connectivity index (χ2n) is 3.35. The Labute approximate surface area is 104 Å². The first-order valence-corrected chi connectivity index (χ1v) is 5.05. The molecule has 0 fully saturated rings. The molecule has 0 bridgehead atoms. The van der Waals surface area contributed by atoms with Gasteiger partial charge in [-0.15, -0.1) is 12.3 Å². The Morgan fingerprint density at radius 3 is 2.94 bits per heavy atom. The van der Waals surface area contributed by atoms with Crippen molar-refractivity contribution in [1.29, 1.82) is 0 Å². The van der Waals surface area contributed by atoms with Gasteiger partial charge in [-0.05, 0) is 6.07 Å². The lowest BCUT2D eigenvalue weighted by molar-refractivity contribution is -0.139. The summed E-state index contributed by atoms with van der Waals surface area (Å²) in [5.41, 5.74) is 0.204. The lowest BCUT2D eigenvalue weighted by atomic mass is 10.1. The van der Waals surface area contributed by atoms with Crippen LogP contribution in [0.3, 0.4) is 0 Å². The molecule has 1 heterocycles. The van der Waals surface area contributed by atoms with Gasteiger partial charge in [-0.1, -0.05) is 0 Å². The second kappa shape index (κ2) is 6.25. The second-order valence-corrected chi connectivity index (χ2v) is 3.35. The topological polar surface area (TPSA) is 88.5 Å². The Kier molecular flexibility index (Phi) is 4.69. The van der Waals surface area contributed by atoms with Crippen LogP contribution < -0.4 is 10.1 Å². The number of carbonyl (C=O) groups is 2. The molecule has 0 saturated heterocycles. The predicted molar refractivity (Wildman–Crippen MR) is 63.1 cm³/mol. The van der Waals surface area contributed by atoms with E-state index in [-0.39, 0.29) is 17.7 Å². The number of carbonyl (C=O) groups excluding carboxylic acids is 1. The molecule has 2 N–H and O–H groups in total. The standard InChI is InChI=1S/C12H12N2O4/c1-3-4-9(12(16)17)14-11(15)8-5-6-13-7-10(8)18-2/h1,5-7,9H,4H2,2H3,(H,14,15)(H,16,17). The number of pyridine rings is 1. The Morgan fingerprint density at radius 1 is 1.67 bits per heavy atom. The fourth-order valence-electron chi connectivity index (χ4n) is 1.28. The third-order valence-corrected chi connectivity index (χ3v) is 2.17. The molecule has 1 rings (SSSR count). The molecule has 0 aliphatic rings. The van der Waals surface area contributed by atoms with Gasteiger partial charge in [-0.3, -0.25) is 9.78 Å². The number of aromatic nitrogens is 1. The zero-order valence-electron chi connectivity index (χ0n) is 9.71. The van der Waals surface area contributed by atoms with Crippen molar-refractivity contribution in [1.82, 2.24) is 10.3 Å². The van der Waals surface area contributed by atoms with Crippen molar-refractivity contribution in [2.75, 3.05) is 7.11 Å². The molecule has 1 aromatic rings. The molecule has 0 aliphatic carbocycles. The van der Waals surface area contributed by atoms with E-state index in [1.54, 1.807) is 0 Å². The minimum absolute atomic E-state index is 0.0888. The molecule has 0 radical (unpaired) electrons. The summed E-state index contributed by atoms with van der Waals surface area (Å²) in [6.07, 6.45) is 7.73. The van der Waals surface area contributed by atoms with Crippen molar-refractivity contribution in [3.63, 3.8) is 0 Å². The zero-order valence-corrected chi connectivity index (χ0v) is 9.71. The monoisotopic (exact) mass is 248 g/mol. The van der Waals surface area contributed by atoms with Crippen molar-refractivity contribution in [3.8, 4) is 18.1 Å². The van der Waals surface area contributed by atoms with Gasteiger partial charge < -0.3 is 15.2 Å². The lowest BCUT2D eigenvalue weighted by Crippen LogP contribution is -2.40. The number of hydrogen-bond donors (Lipinski definition) is 2. The van der Waals surface area contributed by atoms with Gasteiger partial charge in [0, 0.05) is 12.6 Å². The van der Waals surface area contributed by atoms with Crippen LogP contribution in [0.1, 0.15) is 16.8 Å². The number of nitrogens with one attached hydrogen (secondary N) is 1. The summed E-state index contributed by atoms with van der Waals surface area (Å²) in [6, 6.07) is 0.309. The summed E-state index contributed by atoms with van der Waals surface area (Å²) < 4.78 is 4.96. The summed E-state index contributed by atoms with van der Waals surface area (Å²) in [4.78, 5) is 26.5. The molecule has 18 heavy (non-hydrogen) atoms. The van der Waals surface area contributed by atoms with Gasteiger partial charge in [0.1, 0.15) is 11.8 Å². The van der Waals surface area contributed by atoms with Crippen LogP contribution in [0.5, 0.6) is 5.75 Å². The average molecular weight is 248 g/mol. The number of carboxylic acids is 1. The van der Waals surface area contributed by atoms with Gasteiger partial charge in [0.2, 0.25) is 0 Å². The van der Waals surface area contributed by atoms with Crippen molar-refractivity contribution in [2.45, 2.75) is 12.5 Å². The van der Waals surface area contributed by atoms with Crippen LogP contribution in [0, 0.1) is 12.3 Å². The smallest absolute Gasteiger partial charge is 0.327 e. The van der Waals surface area contributed by atoms with Crippen LogP contribution in [0.25, 0.3) is 0 Å². The number of carboxylic acid groups (broad SMARTS) is 1. The first-order chi connectivity index (χ1) is 8.60. The Balaban J connectivity index is 2.87. The fraction of sp³-hybridized carbons (Fsp3) is 0.250. The summed E-state index contributed by atoms with van der Waals surface area (Å²) >= 11 is 0. The number of amides is 1. The highest BCUT2D eigenvalue weighted by Gasteiger charge is 2.21. The molecule has 1 atom stereocenters. The highest BCUT2D eigenvalue weighted by Crippen LogP contribution is 2.15. The zero-order chi connectivity index (χ0) is 13.5. The van der Waals surface area contributed by atoms with E-state index in [0.717, 1.165) is 0 Å². The minimum Gasteiger partial charge on any atom is -0.494 e. The number of rotatable bonds is 5. The van der Waals surface area contributed by atoms with Gasteiger partial charge in [-0.2, -0.15) is 0 Å². The third kappa shape index (κ3) is 3.22. The number of terminal acetylenes is 1. The van der Waals surface area contributed by atoms with Crippen LogP contribution in [-0.2, 0) is 4.79 Å². The van der Waals surface area contributed by atoms with Crippen LogP contribution in [0.4, 0.5) is 0 Å². The number of methoxy groups -OCH3 is 1. The van der Waals surface area contributed by atoms with Crippen molar-refractivity contribution in [3.05, 3.63) is 24.0 Å². The number of hydrogen-bond acceptors (Lipinski definition) is 4. The average Bonchev–Trinajstić information content (AvgIpc) is 2.37. The Hall–Kier alpha value is -2.55. The van der Waals surface area contributed by atoms with Gasteiger partial charge in [0.15, 0.2) is 0 Å². The predicted octanol–water partition coefficient (Wildman–Crippen LogP) is 0.296. The lowest BCUT2D eigenvalue weighted by Gasteiger charge is -2.13. The molecule has 0 saturated carbocycles. The van der Waals surface area contributed by atoms with Crippen LogP contribution in [0.15, 0.2) is 18.5 Å². The summed E-state index contributed by atoms with van der Waals surface area (Å²) in [5, 5.41) is 11.2. The van der Waals surface area contributed by atoms with Gasteiger partial charge in [0.25, 0.3) is 5.91 Å². The molecule has 0 aromatic carbocycles. The maximum atomic E-state index is 11.9. The molecule has 6 nitrogen and oxygen atoms in total. The van der Waals surface area contributed by atoms with Crippen molar-refractivity contribution >= 4 is 11.9 Å². The fourth-order valence-corrected chi connectivity index (χ4v) is 1.28.